The number of halogens is 1. The highest BCUT2D eigenvalue weighted by Gasteiger charge is 2.41. The normalized spacial score (nSPS) is 17.9. The van der Waals surface area contributed by atoms with Gasteiger partial charge in [0.25, 0.3) is 5.91 Å². The number of carbonyl (C=O) groups excluding carboxylic acids is 1. The molecule has 3 heterocycles. The quantitative estimate of drug-likeness (QED) is 0.245. The third-order valence-electron chi connectivity index (χ3n) is 7.81. The third kappa shape index (κ3) is 5.10. The van der Waals surface area contributed by atoms with Crippen molar-refractivity contribution >= 4 is 22.8 Å². The van der Waals surface area contributed by atoms with Crippen molar-refractivity contribution in [3.05, 3.63) is 72.3 Å². The molecular formula is C30H29FN8O2. The molecule has 1 aliphatic heterocycles. The number of anilines is 1. The number of nitrogens with one attached hydrogen (secondary N) is 1. The van der Waals surface area contributed by atoms with Gasteiger partial charge in [-0.3, -0.25) is 4.79 Å². The van der Waals surface area contributed by atoms with Gasteiger partial charge >= 0.3 is 0 Å². The van der Waals surface area contributed by atoms with Gasteiger partial charge in [0, 0.05) is 23.7 Å². The van der Waals surface area contributed by atoms with Crippen molar-refractivity contribution in [1.29, 1.82) is 5.26 Å². The number of hydrogen-bond acceptors (Lipinski definition) is 8. The minimum Gasteiger partial charge on any atom is -0.457 e. The second kappa shape index (κ2) is 10.6. The van der Waals surface area contributed by atoms with Crippen molar-refractivity contribution in [3.63, 3.8) is 0 Å². The van der Waals surface area contributed by atoms with Gasteiger partial charge in [-0.1, -0.05) is 18.2 Å². The van der Waals surface area contributed by atoms with Crippen LogP contribution in [-0.2, 0) is 11.3 Å². The summed E-state index contributed by atoms with van der Waals surface area (Å²) in [6, 6.07) is 15.6. The fraction of sp³-hybridized carbons (Fsp3) is 0.300. The van der Waals surface area contributed by atoms with Crippen LogP contribution >= 0.6 is 0 Å². The summed E-state index contributed by atoms with van der Waals surface area (Å²) in [5.41, 5.74) is 7.09. The van der Waals surface area contributed by atoms with Crippen molar-refractivity contribution < 1.29 is 13.9 Å². The molecule has 2 aromatic heterocycles. The molecule has 1 aliphatic carbocycles. The molecule has 0 radical (unpaired) electrons. The monoisotopic (exact) mass is 552 g/mol. The summed E-state index contributed by atoms with van der Waals surface area (Å²) >= 11 is 0. The summed E-state index contributed by atoms with van der Waals surface area (Å²) in [6.45, 7) is 0.848. The van der Waals surface area contributed by atoms with Crippen LogP contribution in [0.1, 0.15) is 25.7 Å². The maximum atomic E-state index is 15.5. The highest BCUT2D eigenvalue weighted by molar-refractivity contribution is 5.99. The average Bonchev–Trinajstić information content (AvgIpc) is 3.44. The van der Waals surface area contributed by atoms with Crippen molar-refractivity contribution in [2.24, 2.45) is 0 Å². The first kappa shape index (κ1) is 26.4. The maximum absolute atomic E-state index is 15.5. The minimum absolute atomic E-state index is 0.140. The second-order valence-corrected chi connectivity index (χ2v) is 10.4. The molecule has 41 heavy (non-hydrogen) atoms. The fourth-order valence-corrected chi connectivity index (χ4v) is 5.39. The molecule has 0 spiro atoms. The topological polar surface area (TPSA) is 135 Å². The molecular weight excluding hydrogens is 523 g/mol. The molecule has 1 atom stereocenters. The summed E-state index contributed by atoms with van der Waals surface area (Å²) in [6.07, 6.45) is 6.42. The van der Waals surface area contributed by atoms with Gasteiger partial charge in [0.05, 0.1) is 18.0 Å². The van der Waals surface area contributed by atoms with E-state index in [2.05, 4.69) is 21.4 Å². The zero-order valence-corrected chi connectivity index (χ0v) is 22.5. The molecule has 1 saturated heterocycles. The van der Waals surface area contributed by atoms with Gasteiger partial charge in [-0.25, -0.2) is 19.0 Å². The number of para-hydroxylation sites is 1. The average molecular weight is 553 g/mol. The molecule has 3 N–H and O–H groups in total. The molecule has 1 amide bonds. The van der Waals surface area contributed by atoms with Crippen LogP contribution in [0.2, 0.25) is 0 Å². The van der Waals surface area contributed by atoms with Crippen LogP contribution in [0, 0.1) is 17.1 Å². The van der Waals surface area contributed by atoms with Crippen LogP contribution < -0.4 is 15.8 Å². The van der Waals surface area contributed by atoms with Crippen LogP contribution in [0.25, 0.3) is 22.3 Å². The summed E-state index contributed by atoms with van der Waals surface area (Å²) in [7, 11) is 1.84. The van der Waals surface area contributed by atoms with E-state index in [9.17, 15) is 10.1 Å². The Morgan fingerprint density at radius 1 is 1.24 bits per heavy atom. The zero-order valence-electron chi connectivity index (χ0n) is 22.5. The Labute approximate surface area is 236 Å². The molecule has 2 aromatic carbocycles. The smallest absolute Gasteiger partial charge is 0.264 e. The molecule has 10 nitrogen and oxygen atoms in total. The molecule has 0 bridgehead atoms. The molecule has 2 aliphatic rings. The van der Waals surface area contributed by atoms with Crippen LogP contribution in [0.3, 0.4) is 0 Å². The number of hydrogen-bond donors (Lipinski definition) is 2. The van der Waals surface area contributed by atoms with Crippen molar-refractivity contribution in [3.8, 4) is 28.8 Å². The van der Waals surface area contributed by atoms with E-state index < -0.39 is 5.82 Å². The number of amides is 1. The molecule has 6 rings (SSSR count). The van der Waals surface area contributed by atoms with E-state index in [1.54, 1.807) is 39.9 Å². The van der Waals surface area contributed by atoms with Gasteiger partial charge in [0.2, 0.25) is 0 Å². The van der Waals surface area contributed by atoms with Gasteiger partial charge in [-0.15, -0.1) is 0 Å². The molecule has 0 unspecified atom stereocenters. The fourth-order valence-electron chi connectivity index (χ4n) is 5.39. The lowest BCUT2D eigenvalue weighted by Gasteiger charge is -2.25. The lowest BCUT2D eigenvalue weighted by atomic mass is 10.1. The summed E-state index contributed by atoms with van der Waals surface area (Å²) in [5, 5.41) is 18.1. The van der Waals surface area contributed by atoms with E-state index in [4.69, 9.17) is 15.6 Å². The predicted molar refractivity (Wildman–Crippen MR) is 151 cm³/mol. The van der Waals surface area contributed by atoms with Crippen LogP contribution in [0.4, 0.5) is 10.2 Å². The standard InChI is InChI=1S/C30H29FN8O2/c1-34-30(11-12-30)15-19(16-32)29(40)38-13-5-6-20(38)17-39-28-25(27(33)35-18-36-28)26(37-39)23-10-9-22(14-24(23)31)41-21-7-3-2-4-8-21/h2-4,7-10,14-15,18,20,34H,5-6,11-13,17H2,1H3,(H2,33,35,36)/b19-15+/t20-/m0/s1. The summed E-state index contributed by atoms with van der Waals surface area (Å²) in [5.74, 6) is 0.292. The largest absolute Gasteiger partial charge is 0.457 e. The van der Waals surface area contributed by atoms with Crippen LogP contribution in [-0.4, -0.2) is 55.7 Å². The number of likely N-dealkylation sites (N-methyl/N-ethyl adjacent to an activating group) is 1. The number of nitriles is 1. The Kier molecular flexibility index (Phi) is 6.85. The van der Waals surface area contributed by atoms with Crippen LogP contribution in [0.15, 0.2) is 66.5 Å². The Balaban J connectivity index is 1.31. The predicted octanol–water partition coefficient (Wildman–Crippen LogP) is 4.20. The minimum atomic E-state index is -0.534. The highest BCUT2D eigenvalue weighted by Crippen LogP contribution is 2.38. The maximum Gasteiger partial charge on any atom is 0.264 e. The second-order valence-electron chi connectivity index (χ2n) is 10.4. The SMILES string of the molecule is CNC1(/C=C(\C#N)C(=O)N2CCC[C@H]2Cn2nc(-c3ccc(Oc4ccccc4)cc3F)c3c(N)ncnc32)CC1. The molecule has 2 fully saturated rings. The van der Waals surface area contributed by atoms with E-state index >= 15 is 4.39 Å². The number of aromatic nitrogens is 4. The van der Waals surface area contributed by atoms with E-state index in [-0.39, 0.29) is 34.4 Å². The molecule has 1 saturated carbocycles. The number of benzene rings is 2. The summed E-state index contributed by atoms with van der Waals surface area (Å²) in [4.78, 5) is 23.7. The van der Waals surface area contributed by atoms with Gasteiger partial charge in [-0.2, -0.15) is 10.4 Å². The van der Waals surface area contributed by atoms with Crippen molar-refractivity contribution in [2.75, 3.05) is 19.3 Å². The first-order valence-electron chi connectivity index (χ1n) is 13.5. The number of nitrogens with two attached hydrogens (primary N) is 1. The third-order valence-corrected chi connectivity index (χ3v) is 7.81. The van der Waals surface area contributed by atoms with Crippen LogP contribution in [0.5, 0.6) is 11.5 Å². The van der Waals surface area contributed by atoms with E-state index in [1.807, 2.05) is 25.2 Å². The number of likely N-dealkylation sites (tertiary alicyclic amines) is 1. The Hall–Kier alpha value is -4.82. The zero-order chi connectivity index (χ0) is 28.6. The number of fused-ring (bicyclic) bond motifs is 1. The number of nitrogen functional groups attached to an aromatic ring is 1. The van der Waals surface area contributed by atoms with Crippen molar-refractivity contribution in [2.45, 2.75) is 43.8 Å². The molecule has 11 heteroatoms. The first-order chi connectivity index (χ1) is 19.9. The first-order valence-corrected chi connectivity index (χ1v) is 13.5. The lowest BCUT2D eigenvalue weighted by molar-refractivity contribution is -0.127. The van der Waals surface area contributed by atoms with Gasteiger partial charge in [0.15, 0.2) is 5.65 Å². The lowest BCUT2D eigenvalue weighted by Crippen LogP contribution is -2.39. The van der Waals surface area contributed by atoms with Gasteiger partial charge < -0.3 is 20.7 Å². The molecule has 208 valence electrons. The molecule has 4 aromatic rings. The Morgan fingerprint density at radius 2 is 2.05 bits per heavy atom. The number of ether oxygens (including phenoxy) is 1. The highest BCUT2D eigenvalue weighted by atomic mass is 19.1. The number of carbonyl (C=O) groups is 1. The summed E-state index contributed by atoms with van der Waals surface area (Å²) < 4.78 is 22.9. The van der Waals surface area contributed by atoms with Gasteiger partial charge in [-0.05, 0) is 63.1 Å². The van der Waals surface area contributed by atoms with Crippen molar-refractivity contribution in [1.82, 2.24) is 30.0 Å². The van der Waals surface area contributed by atoms with E-state index in [0.717, 1.165) is 25.7 Å². The number of rotatable bonds is 8. The van der Waals surface area contributed by atoms with Gasteiger partial charge in [0.1, 0.15) is 46.8 Å². The Morgan fingerprint density at radius 3 is 2.76 bits per heavy atom. The van der Waals surface area contributed by atoms with E-state index in [1.165, 1.54) is 12.4 Å². The van der Waals surface area contributed by atoms with E-state index in [0.29, 0.717) is 41.3 Å². The number of nitrogens with zero attached hydrogens (tertiary/aromatic N) is 6. The Bertz CT molecular complexity index is 1690.